The monoisotopic (exact) mass is 338 g/mol. The number of carbonyl (C=O) groups is 2. The highest BCUT2D eigenvalue weighted by Gasteiger charge is 2.19. The zero-order valence-corrected chi connectivity index (χ0v) is 14.7. The fourth-order valence-electron chi connectivity index (χ4n) is 3.64. The maximum Gasteiger partial charge on any atom is 0.226 e. The van der Waals surface area contributed by atoms with Crippen LogP contribution in [0, 0.1) is 17.8 Å². The van der Waals surface area contributed by atoms with Crippen molar-refractivity contribution in [3.05, 3.63) is 29.8 Å². The number of nitrogens with one attached hydrogen (secondary N) is 1. The number of piperidine rings is 1. The predicted molar refractivity (Wildman–Crippen MR) is 99.1 cm³/mol. The van der Waals surface area contributed by atoms with E-state index in [0.717, 1.165) is 30.6 Å². The molecule has 1 aromatic rings. The third-order valence-corrected chi connectivity index (χ3v) is 5.06. The van der Waals surface area contributed by atoms with Gasteiger partial charge in [0.2, 0.25) is 11.8 Å². The van der Waals surface area contributed by atoms with Gasteiger partial charge < -0.3 is 10.2 Å². The Bertz CT molecular complexity index is 663. The van der Waals surface area contributed by atoms with Gasteiger partial charge in [0.1, 0.15) is 0 Å². The molecule has 1 aromatic carbocycles. The SMILES string of the molecule is O=C(CC1CCCC1)NCC#Cc1ccc(N2CCCCC2=O)cc1. The third-order valence-electron chi connectivity index (χ3n) is 5.06. The summed E-state index contributed by atoms with van der Waals surface area (Å²) in [6.45, 7) is 1.19. The molecule has 1 aliphatic carbocycles. The highest BCUT2D eigenvalue weighted by Crippen LogP contribution is 2.27. The molecule has 1 heterocycles. The quantitative estimate of drug-likeness (QED) is 0.857. The Morgan fingerprint density at radius 3 is 2.60 bits per heavy atom. The molecule has 1 N–H and O–H groups in total. The second-order valence-electron chi connectivity index (χ2n) is 6.98. The summed E-state index contributed by atoms with van der Waals surface area (Å²) in [4.78, 5) is 25.6. The van der Waals surface area contributed by atoms with E-state index in [2.05, 4.69) is 17.2 Å². The molecule has 2 fully saturated rings. The van der Waals surface area contributed by atoms with E-state index in [9.17, 15) is 9.59 Å². The smallest absolute Gasteiger partial charge is 0.226 e. The van der Waals surface area contributed by atoms with Crippen molar-refractivity contribution in [3.8, 4) is 11.8 Å². The van der Waals surface area contributed by atoms with Crippen molar-refractivity contribution in [2.75, 3.05) is 18.0 Å². The molecule has 4 nitrogen and oxygen atoms in total. The molecule has 0 unspecified atom stereocenters. The van der Waals surface area contributed by atoms with Crippen molar-refractivity contribution >= 4 is 17.5 Å². The first-order chi connectivity index (χ1) is 12.2. The highest BCUT2D eigenvalue weighted by atomic mass is 16.2. The molecule has 0 spiro atoms. The Morgan fingerprint density at radius 1 is 1.12 bits per heavy atom. The van der Waals surface area contributed by atoms with Crippen LogP contribution in [0.4, 0.5) is 5.69 Å². The van der Waals surface area contributed by atoms with Crippen LogP contribution < -0.4 is 10.2 Å². The van der Waals surface area contributed by atoms with Gasteiger partial charge in [-0.2, -0.15) is 0 Å². The molecule has 2 aliphatic rings. The first-order valence-corrected chi connectivity index (χ1v) is 9.38. The van der Waals surface area contributed by atoms with Crippen LogP contribution in [0.25, 0.3) is 0 Å². The lowest BCUT2D eigenvalue weighted by Crippen LogP contribution is -2.35. The fourth-order valence-corrected chi connectivity index (χ4v) is 3.64. The van der Waals surface area contributed by atoms with Crippen LogP contribution in [0.15, 0.2) is 24.3 Å². The van der Waals surface area contributed by atoms with E-state index in [1.807, 2.05) is 29.2 Å². The average molecular weight is 338 g/mol. The zero-order chi connectivity index (χ0) is 17.5. The van der Waals surface area contributed by atoms with E-state index in [1.54, 1.807) is 0 Å². The molecule has 3 rings (SSSR count). The number of nitrogens with zero attached hydrogens (tertiary/aromatic N) is 1. The summed E-state index contributed by atoms with van der Waals surface area (Å²) in [7, 11) is 0. The Balaban J connectivity index is 1.46. The first kappa shape index (κ1) is 17.5. The summed E-state index contributed by atoms with van der Waals surface area (Å²) in [6, 6.07) is 7.77. The van der Waals surface area contributed by atoms with Crippen LogP contribution in [-0.2, 0) is 9.59 Å². The van der Waals surface area contributed by atoms with Gasteiger partial charge in [-0.1, -0.05) is 24.7 Å². The van der Waals surface area contributed by atoms with Gasteiger partial charge >= 0.3 is 0 Å². The summed E-state index contributed by atoms with van der Waals surface area (Å²) in [6.07, 6.45) is 8.23. The van der Waals surface area contributed by atoms with E-state index >= 15 is 0 Å². The Morgan fingerprint density at radius 2 is 1.88 bits per heavy atom. The van der Waals surface area contributed by atoms with Crippen molar-refractivity contribution in [1.29, 1.82) is 0 Å². The molecule has 0 aromatic heterocycles. The number of carbonyl (C=O) groups excluding carboxylic acids is 2. The van der Waals surface area contributed by atoms with Gasteiger partial charge in [-0.25, -0.2) is 0 Å². The molecule has 25 heavy (non-hydrogen) atoms. The minimum Gasteiger partial charge on any atom is -0.345 e. The molecule has 0 atom stereocenters. The Kier molecular flexibility index (Phi) is 6.11. The second kappa shape index (κ2) is 8.71. The second-order valence-corrected chi connectivity index (χ2v) is 6.98. The summed E-state index contributed by atoms with van der Waals surface area (Å²) in [5, 5.41) is 2.88. The van der Waals surface area contributed by atoms with Crippen LogP contribution in [0.3, 0.4) is 0 Å². The van der Waals surface area contributed by atoms with Gasteiger partial charge in [0.05, 0.1) is 6.54 Å². The molecular weight excluding hydrogens is 312 g/mol. The van der Waals surface area contributed by atoms with Crippen molar-refractivity contribution in [3.63, 3.8) is 0 Å². The van der Waals surface area contributed by atoms with E-state index in [4.69, 9.17) is 0 Å². The number of hydrogen-bond donors (Lipinski definition) is 1. The van der Waals surface area contributed by atoms with Gasteiger partial charge in [-0.05, 0) is 55.9 Å². The number of amides is 2. The van der Waals surface area contributed by atoms with E-state index in [0.29, 0.717) is 25.3 Å². The molecule has 4 heteroatoms. The lowest BCUT2D eigenvalue weighted by Gasteiger charge is -2.26. The minimum absolute atomic E-state index is 0.111. The number of anilines is 1. The van der Waals surface area contributed by atoms with Crippen molar-refractivity contribution in [1.82, 2.24) is 5.32 Å². The molecule has 0 bridgehead atoms. The molecule has 1 saturated carbocycles. The van der Waals surface area contributed by atoms with E-state index in [1.165, 1.54) is 25.7 Å². The van der Waals surface area contributed by atoms with Crippen molar-refractivity contribution < 1.29 is 9.59 Å². The van der Waals surface area contributed by atoms with Crippen LogP contribution >= 0.6 is 0 Å². The van der Waals surface area contributed by atoms with Crippen molar-refractivity contribution in [2.45, 2.75) is 51.4 Å². The number of benzene rings is 1. The lowest BCUT2D eigenvalue weighted by molar-refractivity contribution is -0.122. The maximum absolute atomic E-state index is 11.9. The van der Waals surface area contributed by atoms with Crippen LogP contribution in [-0.4, -0.2) is 24.9 Å². The summed E-state index contributed by atoms with van der Waals surface area (Å²) in [5.41, 5.74) is 1.85. The molecule has 1 aliphatic heterocycles. The van der Waals surface area contributed by atoms with Crippen LogP contribution in [0.1, 0.15) is 56.9 Å². The summed E-state index contributed by atoms with van der Waals surface area (Å²) >= 11 is 0. The summed E-state index contributed by atoms with van der Waals surface area (Å²) < 4.78 is 0. The minimum atomic E-state index is 0.111. The first-order valence-electron chi connectivity index (χ1n) is 9.38. The van der Waals surface area contributed by atoms with Gasteiger partial charge in [-0.15, -0.1) is 0 Å². The van der Waals surface area contributed by atoms with Gasteiger partial charge in [0.25, 0.3) is 0 Å². The fraction of sp³-hybridized carbons (Fsp3) is 0.524. The number of rotatable bonds is 4. The molecule has 1 saturated heterocycles. The standard InChI is InChI=1S/C21H26N2O2/c24-20(16-18-6-1-2-7-18)22-14-5-8-17-10-12-19(13-11-17)23-15-4-3-9-21(23)25/h10-13,18H,1-4,6-7,9,14-16H2,(H,22,24). The van der Waals surface area contributed by atoms with Crippen LogP contribution in [0.2, 0.25) is 0 Å². The summed E-state index contributed by atoms with van der Waals surface area (Å²) in [5.74, 6) is 6.95. The van der Waals surface area contributed by atoms with E-state index in [-0.39, 0.29) is 11.8 Å². The van der Waals surface area contributed by atoms with E-state index < -0.39 is 0 Å². The molecule has 132 valence electrons. The van der Waals surface area contributed by atoms with Gasteiger partial charge in [0, 0.05) is 30.6 Å². The van der Waals surface area contributed by atoms with Gasteiger partial charge in [0.15, 0.2) is 0 Å². The predicted octanol–water partition coefficient (Wildman–Crippen LogP) is 3.25. The lowest BCUT2D eigenvalue weighted by atomic mass is 10.0. The average Bonchev–Trinajstić information content (AvgIpc) is 3.13. The van der Waals surface area contributed by atoms with Gasteiger partial charge in [-0.3, -0.25) is 9.59 Å². The Labute approximate surface area is 150 Å². The topological polar surface area (TPSA) is 49.4 Å². The molecule has 0 radical (unpaired) electrons. The largest absolute Gasteiger partial charge is 0.345 e. The normalized spacial score (nSPS) is 17.9. The Hall–Kier alpha value is -2.28. The molecule has 2 amide bonds. The van der Waals surface area contributed by atoms with Crippen molar-refractivity contribution in [2.24, 2.45) is 5.92 Å². The van der Waals surface area contributed by atoms with Crippen LogP contribution in [0.5, 0.6) is 0 Å². The maximum atomic E-state index is 11.9. The highest BCUT2D eigenvalue weighted by molar-refractivity contribution is 5.94. The molecular formula is C21H26N2O2. The number of hydrogen-bond acceptors (Lipinski definition) is 2. The zero-order valence-electron chi connectivity index (χ0n) is 14.7. The third kappa shape index (κ3) is 5.09.